The number of esters is 2. The Morgan fingerprint density at radius 2 is 2.38 bits per heavy atom. The fourth-order valence-corrected chi connectivity index (χ4v) is 3.05. The number of hydrogen-bond acceptors (Lipinski definition) is 5. The second-order valence-corrected chi connectivity index (χ2v) is 4.76. The van der Waals surface area contributed by atoms with Crippen molar-refractivity contribution in [2.45, 2.75) is 43.2 Å². The minimum absolute atomic E-state index is 0.0564. The predicted octanol–water partition coefficient (Wildman–Crippen LogP) is 0.331. The molecular weight excluding hydrogens is 212 g/mol. The van der Waals surface area contributed by atoms with Gasteiger partial charge in [-0.3, -0.25) is 0 Å². The Kier molecular flexibility index (Phi) is 1.63. The van der Waals surface area contributed by atoms with E-state index in [1.54, 1.807) is 0 Å². The molecule has 5 nitrogen and oxygen atoms in total. The van der Waals surface area contributed by atoms with Gasteiger partial charge in [0.1, 0.15) is 11.7 Å². The second kappa shape index (κ2) is 2.66. The zero-order valence-electron chi connectivity index (χ0n) is 8.89. The molecule has 0 N–H and O–H groups in total. The van der Waals surface area contributed by atoms with Crippen LogP contribution in [0, 0.1) is 0 Å². The van der Waals surface area contributed by atoms with Crippen molar-refractivity contribution in [3.05, 3.63) is 12.7 Å². The third kappa shape index (κ3) is 0.942. The number of fused-ring (bicyclic) bond motifs is 1. The highest BCUT2D eigenvalue weighted by atomic mass is 16.7. The molecule has 0 saturated carbocycles. The summed E-state index contributed by atoms with van der Waals surface area (Å²) < 4.78 is 16.1. The maximum atomic E-state index is 11.9. The Balaban J connectivity index is 1.99. The maximum absolute atomic E-state index is 11.9. The van der Waals surface area contributed by atoms with E-state index in [2.05, 4.69) is 6.58 Å². The molecule has 16 heavy (non-hydrogen) atoms. The predicted molar refractivity (Wildman–Crippen MR) is 51.4 cm³/mol. The van der Waals surface area contributed by atoms with E-state index in [1.165, 1.54) is 0 Å². The van der Waals surface area contributed by atoms with Crippen molar-refractivity contribution in [2.24, 2.45) is 0 Å². The minimum atomic E-state index is -1.23. The van der Waals surface area contributed by atoms with Crippen LogP contribution in [-0.4, -0.2) is 35.3 Å². The smallest absolute Gasteiger partial charge is 0.354 e. The van der Waals surface area contributed by atoms with Gasteiger partial charge in [0.15, 0.2) is 0 Å². The number of ether oxygens (including phenoxy) is 3. The van der Waals surface area contributed by atoms with Crippen LogP contribution in [0.5, 0.6) is 0 Å². The van der Waals surface area contributed by atoms with Crippen LogP contribution in [0.4, 0.5) is 0 Å². The van der Waals surface area contributed by atoms with Crippen molar-refractivity contribution in [2.75, 3.05) is 0 Å². The van der Waals surface area contributed by atoms with Gasteiger partial charge in [-0.15, -0.1) is 0 Å². The first-order chi connectivity index (χ1) is 7.50. The Morgan fingerprint density at radius 3 is 3.00 bits per heavy atom. The number of rotatable bonds is 2. The standard InChI is InChI=1S/C11H12O5/c1-3-7(12)15-11-5-6-4-10(2,8(11)14-6)16-9(11)13/h3,6,8H,1,4-5H2,2H3. The van der Waals surface area contributed by atoms with Crippen molar-refractivity contribution < 1.29 is 23.8 Å². The molecule has 3 rings (SSSR count). The third-order valence-corrected chi connectivity index (χ3v) is 3.59. The third-order valence-electron chi connectivity index (χ3n) is 3.59. The highest BCUT2D eigenvalue weighted by Gasteiger charge is 2.76. The molecule has 5 heteroatoms. The maximum Gasteiger partial charge on any atom is 0.354 e. The van der Waals surface area contributed by atoms with Crippen LogP contribution in [0.3, 0.4) is 0 Å². The molecule has 0 spiro atoms. The molecule has 0 amide bonds. The molecule has 3 aliphatic heterocycles. The van der Waals surface area contributed by atoms with E-state index in [1.807, 2.05) is 6.92 Å². The van der Waals surface area contributed by atoms with Crippen LogP contribution in [0.15, 0.2) is 12.7 Å². The Hall–Kier alpha value is -1.36. The minimum Gasteiger partial charge on any atom is -0.453 e. The molecular formula is C11H12O5. The quantitative estimate of drug-likeness (QED) is 0.499. The summed E-state index contributed by atoms with van der Waals surface area (Å²) in [5.41, 5.74) is -1.87. The lowest BCUT2D eigenvalue weighted by atomic mass is 9.79. The molecule has 3 heterocycles. The molecule has 3 saturated heterocycles. The van der Waals surface area contributed by atoms with Crippen LogP contribution < -0.4 is 0 Å². The van der Waals surface area contributed by atoms with Crippen molar-refractivity contribution in [1.82, 2.24) is 0 Å². The van der Waals surface area contributed by atoms with Gasteiger partial charge in [-0.2, -0.15) is 0 Å². The zero-order chi connectivity index (χ0) is 11.6. The van der Waals surface area contributed by atoms with E-state index in [9.17, 15) is 9.59 Å². The van der Waals surface area contributed by atoms with Crippen LogP contribution in [0.25, 0.3) is 0 Å². The summed E-state index contributed by atoms with van der Waals surface area (Å²) in [7, 11) is 0. The van der Waals surface area contributed by atoms with Gasteiger partial charge in [-0.05, 0) is 6.92 Å². The Labute approximate surface area is 92.3 Å². The summed E-state index contributed by atoms with van der Waals surface area (Å²) in [5.74, 6) is -1.10. The summed E-state index contributed by atoms with van der Waals surface area (Å²) in [4.78, 5) is 23.1. The van der Waals surface area contributed by atoms with Gasteiger partial charge in [-0.1, -0.05) is 6.58 Å². The van der Waals surface area contributed by atoms with Gasteiger partial charge in [0.05, 0.1) is 6.10 Å². The summed E-state index contributed by atoms with van der Waals surface area (Å²) in [6.45, 7) is 5.14. The van der Waals surface area contributed by atoms with Crippen molar-refractivity contribution in [3.8, 4) is 0 Å². The van der Waals surface area contributed by atoms with E-state index in [0.29, 0.717) is 12.8 Å². The van der Waals surface area contributed by atoms with Gasteiger partial charge >= 0.3 is 11.9 Å². The van der Waals surface area contributed by atoms with E-state index in [4.69, 9.17) is 14.2 Å². The molecule has 86 valence electrons. The number of carbonyl (C=O) groups is 2. The number of carbonyl (C=O) groups excluding carboxylic acids is 2. The first-order valence-corrected chi connectivity index (χ1v) is 5.24. The summed E-state index contributed by atoms with van der Waals surface area (Å²) in [6.07, 6.45) is 1.59. The van der Waals surface area contributed by atoms with Crippen molar-refractivity contribution >= 4 is 11.9 Å². The van der Waals surface area contributed by atoms with Gasteiger partial charge in [0.2, 0.25) is 5.60 Å². The lowest BCUT2D eigenvalue weighted by molar-refractivity contribution is -0.170. The first-order valence-electron chi connectivity index (χ1n) is 5.24. The van der Waals surface area contributed by atoms with Gasteiger partial charge in [0.25, 0.3) is 0 Å². The fraction of sp³-hybridized carbons (Fsp3) is 0.636. The molecule has 0 aromatic heterocycles. The lowest BCUT2D eigenvalue weighted by Crippen LogP contribution is -2.50. The van der Waals surface area contributed by atoms with E-state index < -0.39 is 29.2 Å². The van der Waals surface area contributed by atoms with Crippen molar-refractivity contribution in [3.63, 3.8) is 0 Å². The molecule has 0 aliphatic carbocycles. The molecule has 3 fully saturated rings. The van der Waals surface area contributed by atoms with Crippen molar-refractivity contribution in [1.29, 1.82) is 0 Å². The second-order valence-electron chi connectivity index (χ2n) is 4.76. The zero-order valence-corrected chi connectivity index (χ0v) is 8.89. The Bertz CT molecular complexity index is 403. The molecule has 4 atom stereocenters. The highest BCUT2D eigenvalue weighted by Crippen LogP contribution is 2.56. The largest absolute Gasteiger partial charge is 0.453 e. The highest BCUT2D eigenvalue weighted by molar-refractivity contribution is 5.90. The summed E-state index contributed by atoms with van der Waals surface area (Å²) >= 11 is 0. The lowest BCUT2D eigenvalue weighted by Gasteiger charge is -2.28. The van der Waals surface area contributed by atoms with Crippen LogP contribution >= 0.6 is 0 Å². The van der Waals surface area contributed by atoms with Gasteiger partial charge in [-0.25, -0.2) is 9.59 Å². The van der Waals surface area contributed by atoms with Gasteiger partial charge in [0, 0.05) is 18.9 Å². The van der Waals surface area contributed by atoms with Crippen LogP contribution in [0.2, 0.25) is 0 Å². The molecule has 0 aromatic rings. The Morgan fingerprint density at radius 1 is 1.62 bits per heavy atom. The summed E-state index contributed by atoms with van der Waals surface area (Å²) in [5, 5.41) is 0. The molecule has 3 aliphatic rings. The van der Waals surface area contributed by atoms with Crippen LogP contribution in [0.1, 0.15) is 19.8 Å². The van der Waals surface area contributed by atoms with E-state index in [-0.39, 0.29) is 6.10 Å². The monoisotopic (exact) mass is 224 g/mol. The van der Waals surface area contributed by atoms with E-state index in [0.717, 1.165) is 6.08 Å². The molecule has 4 unspecified atom stereocenters. The molecule has 0 radical (unpaired) electrons. The molecule has 0 aromatic carbocycles. The number of hydrogen-bond donors (Lipinski definition) is 0. The topological polar surface area (TPSA) is 61.8 Å². The molecule has 2 bridgehead atoms. The van der Waals surface area contributed by atoms with Gasteiger partial charge < -0.3 is 14.2 Å². The average Bonchev–Trinajstić information content (AvgIpc) is 2.73. The normalized spacial score (nSPS) is 47.9. The summed E-state index contributed by atoms with van der Waals surface area (Å²) in [6, 6.07) is 0. The van der Waals surface area contributed by atoms with Crippen LogP contribution in [-0.2, 0) is 23.8 Å². The SMILES string of the molecule is C=CC(=O)OC12CC3CC(C)(OC1=O)C2O3. The first kappa shape index (κ1) is 9.84. The average molecular weight is 224 g/mol. The van der Waals surface area contributed by atoms with E-state index >= 15 is 0 Å². The fourth-order valence-electron chi connectivity index (χ4n) is 3.05.